The third kappa shape index (κ3) is 4.65. The van der Waals surface area contributed by atoms with Crippen LogP contribution in [0.2, 0.25) is 0 Å². The number of ether oxygens (including phenoxy) is 1. The first-order valence-corrected chi connectivity index (χ1v) is 10.3. The van der Waals surface area contributed by atoms with Gasteiger partial charge in [0.05, 0.1) is 11.4 Å². The monoisotopic (exact) mass is 419 g/mol. The number of aryl methyl sites for hydroxylation is 1. The third-order valence-corrected chi connectivity index (χ3v) is 5.68. The van der Waals surface area contributed by atoms with E-state index in [9.17, 15) is 18.0 Å². The minimum Gasteiger partial charge on any atom is -0.464 e. The smallest absolute Gasteiger partial charge is 0.331 e. The van der Waals surface area contributed by atoms with E-state index in [1.165, 1.54) is 17.9 Å². The summed E-state index contributed by atoms with van der Waals surface area (Å²) in [7, 11) is -2.12. The molecule has 0 bridgehead atoms. The van der Waals surface area contributed by atoms with Crippen molar-refractivity contribution in [1.29, 1.82) is 0 Å². The van der Waals surface area contributed by atoms with Gasteiger partial charge in [0.15, 0.2) is 6.61 Å². The zero-order valence-electron chi connectivity index (χ0n) is 16.2. The lowest BCUT2D eigenvalue weighted by atomic mass is 10.2. The van der Waals surface area contributed by atoms with Gasteiger partial charge in [0, 0.05) is 12.6 Å². The van der Waals surface area contributed by atoms with Crippen molar-refractivity contribution in [3.8, 4) is 0 Å². The number of likely N-dealkylation sites (N-methyl/N-ethyl adjacent to an activating group) is 1. The van der Waals surface area contributed by atoms with Crippen molar-refractivity contribution in [2.24, 2.45) is 4.99 Å². The van der Waals surface area contributed by atoms with Crippen molar-refractivity contribution in [2.75, 3.05) is 13.7 Å². The van der Waals surface area contributed by atoms with E-state index < -0.39 is 34.5 Å². The van der Waals surface area contributed by atoms with Gasteiger partial charge in [0.2, 0.25) is 0 Å². The Morgan fingerprint density at radius 3 is 2.66 bits per heavy atom. The Labute approximate surface area is 168 Å². The van der Waals surface area contributed by atoms with Gasteiger partial charge in [-0.3, -0.25) is 14.5 Å². The number of rotatable bonds is 6. The number of nitrogens with one attached hydrogen (secondary N) is 1. The number of aliphatic imine (C=N–C) groups is 1. The summed E-state index contributed by atoms with van der Waals surface area (Å²) in [4.78, 5) is 29.9. The summed E-state index contributed by atoms with van der Waals surface area (Å²) < 4.78 is 37.0. The van der Waals surface area contributed by atoms with Crippen molar-refractivity contribution < 1.29 is 27.2 Å². The van der Waals surface area contributed by atoms with Crippen molar-refractivity contribution in [2.45, 2.75) is 31.3 Å². The van der Waals surface area contributed by atoms with Crippen LogP contribution in [0.1, 0.15) is 24.0 Å². The van der Waals surface area contributed by atoms with Gasteiger partial charge in [-0.1, -0.05) is 12.1 Å². The van der Waals surface area contributed by atoms with Crippen LogP contribution in [-0.2, 0) is 30.9 Å². The summed E-state index contributed by atoms with van der Waals surface area (Å²) >= 11 is 0. The number of carbonyl (C=O) groups excluding carboxylic acids is 2. The molecule has 2 heterocycles. The quantitative estimate of drug-likeness (QED) is 0.704. The Bertz CT molecular complexity index is 1070. The van der Waals surface area contributed by atoms with E-state index in [1.54, 1.807) is 44.3 Å². The number of amidine groups is 1. The lowest BCUT2D eigenvalue weighted by Gasteiger charge is -2.16. The third-order valence-electron chi connectivity index (χ3n) is 4.28. The number of sulfonamides is 1. The minimum absolute atomic E-state index is 0.0710. The highest BCUT2D eigenvalue weighted by atomic mass is 32.2. The zero-order chi connectivity index (χ0) is 21.2. The van der Waals surface area contributed by atoms with Crippen molar-refractivity contribution in [3.05, 3.63) is 53.5 Å². The maximum Gasteiger partial charge on any atom is 0.331 e. The summed E-state index contributed by atoms with van der Waals surface area (Å²) in [5.74, 6) is 0.290. The normalized spacial score (nSPS) is 16.7. The first-order valence-electron chi connectivity index (χ1n) is 8.83. The van der Waals surface area contributed by atoms with Gasteiger partial charge < -0.3 is 14.1 Å². The molecule has 0 aliphatic carbocycles. The molecule has 154 valence electrons. The number of benzene rings is 1. The number of amides is 1. The van der Waals surface area contributed by atoms with Crippen LogP contribution in [0.5, 0.6) is 0 Å². The fourth-order valence-electron chi connectivity index (χ4n) is 2.73. The van der Waals surface area contributed by atoms with Gasteiger partial charge in [0.1, 0.15) is 23.4 Å². The molecule has 0 saturated carbocycles. The Kier molecular flexibility index (Phi) is 5.73. The number of fused-ring (bicyclic) bond motifs is 1. The van der Waals surface area contributed by atoms with Gasteiger partial charge in [-0.2, -0.15) is 0 Å². The van der Waals surface area contributed by atoms with Crippen LogP contribution in [-0.4, -0.2) is 50.7 Å². The topological polar surface area (TPSA) is 118 Å². The summed E-state index contributed by atoms with van der Waals surface area (Å²) in [6, 6.07) is 8.90. The van der Waals surface area contributed by atoms with Gasteiger partial charge in [0.25, 0.3) is 15.9 Å². The highest BCUT2D eigenvalue weighted by molar-refractivity contribution is 7.90. The fraction of sp³-hybridized carbons (Fsp3) is 0.316. The standard InChI is InChI=1S/C19H21N3O6S/c1-12-8-9-14(28-12)10-22(3)17(23)11-27-19(24)13(2)20-18-15-6-4-5-7-16(15)29(25,26)21-18/h4-9,13H,10-11H2,1-3H3,(H,20,21)/t13-/m0/s1. The molecular weight excluding hydrogens is 398 g/mol. The van der Waals surface area contributed by atoms with Crippen LogP contribution in [0.15, 0.2) is 50.7 Å². The molecule has 29 heavy (non-hydrogen) atoms. The van der Waals surface area contributed by atoms with E-state index in [4.69, 9.17) is 9.15 Å². The predicted octanol–water partition coefficient (Wildman–Crippen LogP) is 1.22. The fourth-order valence-corrected chi connectivity index (χ4v) is 3.97. The second kappa shape index (κ2) is 8.08. The van der Waals surface area contributed by atoms with E-state index >= 15 is 0 Å². The van der Waals surface area contributed by atoms with E-state index in [2.05, 4.69) is 9.71 Å². The molecular formula is C19H21N3O6S. The average Bonchev–Trinajstić information content (AvgIpc) is 3.19. The molecule has 1 N–H and O–H groups in total. The van der Waals surface area contributed by atoms with Crippen LogP contribution in [0.3, 0.4) is 0 Å². The van der Waals surface area contributed by atoms with Gasteiger partial charge in [-0.25, -0.2) is 13.2 Å². The maximum atomic E-state index is 12.2. The molecule has 2 aromatic rings. The molecule has 0 spiro atoms. The first-order chi connectivity index (χ1) is 13.7. The molecule has 3 rings (SSSR count). The predicted molar refractivity (Wildman–Crippen MR) is 104 cm³/mol. The van der Waals surface area contributed by atoms with Gasteiger partial charge in [-0.05, 0) is 38.1 Å². The lowest BCUT2D eigenvalue weighted by Crippen LogP contribution is -2.33. The Balaban J connectivity index is 1.58. The Hall–Kier alpha value is -3.14. The molecule has 0 unspecified atom stereocenters. The molecule has 1 aliphatic rings. The van der Waals surface area contributed by atoms with Gasteiger partial charge >= 0.3 is 5.97 Å². The van der Waals surface area contributed by atoms with E-state index in [-0.39, 0.29) is 17.3 Å². The van der Waals surface area contributed by atoms with Crippen LogP contribution < -0.4 is 4.72 Å². The molecule has 1 atom stereocenters. The molecule has 1 aromatic heterocycles. The lowest BCUT2D eigenvalue weighted by molar-refractivity contribution is -0.152. The molecule has 0 radical (unpaired) electrons. The number of hydrogen-bond donors (Lipinski definition) is 1. The largest absolute Gasteiger partial charge is 0.464 e. The van der Waals surface area contributed by atoms with E-state index in [0.29, 0.717) is 11.3 Å². The van der Waals surface area contributed by atoms with Crippen LogP contribution >= 0.6 is 0 Å². The second-order valence-electron chi connectivity index (χ2n) is 6.63. The summed E-state index contributed by atoms with van der Waals surface area (Å²) in [5, 5.41) is 0. The second-order valence-corrected chi connectivity index (χ2v) is 8.28. The van der Waals surface area contributed by atoms with E-state index in [1.807, 2.05) is 0 Å². The molecule has 1 amide bonds. The molecule has 0 fully saturated rings. The number of nitrogens with zero attached hydrogens (tertiary/aromatic N) is 2. The molecule has 9 nitrogen and oxygen atoms in total. The molecule has 1 aliphatic heterocycles. The molecule has 0 saturated heterocycles. The van der Waals surface area contributed by atoms with Crippen LogP contribution in [0, 0.1) is 6.92 Å². The summed E-state index contributed by atoms with van der Waals surface area (Å²) in [5.41, 5.74) is 0.386. The first kappa shape index (κ1) is 20.6. The van der Waals surface area contributed by atoms with Crippen molar-refractivity contribution in [1.82, 2.24) is 9.62 Å². The minimum atomic E-state index is -3.69. The van der Waals surface area contributed by atoms with Crippen LogP contribution in [0.25, 0.3) is 0 Å². The number of hydrogen-bond acceptors (Lipinski definition) is 7. The molecule has 10 heteroatoms. The highest BCUT2D eigenvalue weighted by Gasteiger charge is 2.31. The number of furan rings is 1. The maximum absolute atomic E-state index is 12.2. The highest BCUT2D eigenvalue weighted by Crippen LogP contribution is 2.22. The van der Waals surface area contributed by atoms with Crippen LogP contribution in [0.4, 0.5) is 0 Å². The molecule has 1 aromatic carbocycles. The Morgan fingerprint density at radius 1 is 1.24 bits per heavy atom. The summed E-state index contributed by atoms with van der Waals surface area (Å²) in [6.45, 7) is 3.07. The summed E-state index contributed by atoms with van der Waals surface area (Å²) in [6.07, 6.45) is 0. The number of esters is 1. The Morgan fingerprint density at radius 2 is 1.97 bits per heavy atom. The average molecular weight is 419 g/mol. The van der Waals surface area contributed by atoms with Gasteiger partial charge in [-0.15, -0.1) is 0 Å². The number of carbonyl (C=O) groups is 2. The van der Waals surface area contributed by atoms with E-state index in [0.717, 1.165) is 5.76 Å². The van der Waals surface area contributed by atoms with Crippen molar-refractivity contribution in [3.63, 3.8) is 0 Å². The van der Waals surface area contributed by atoms with Crippen molar-refractivity contribution >= 4 is 27.7 Å². The SMILES string of the molecule is Cc1ccc(CN(C)C(=O)COC(=O)[C@H](C)N=C2NS(=O)(=O)c3ccccc32)o1. The zero-order valence-corrected chi connectivity index (χ0v) is 17.0.